The molecular weight excluding hydrogens is 208 g/mol. The molecule has 0 aromatic carbocycles. The van der Waals surface area contributed by atoms with E-state index in [9.17, 15) is 9.59 Å². The van der Waals surface area contributed by atoms with Gasteiger partial charge in [-0.25, -0.2) is 0 Å². The standard InChI is InChI=1S/C10H22N4O2/c1-12(2)5-7-14(8-6-13(3)4)10(16)9(11)15/h5-8H2,1-4H3,(H2,11,15). The Morgan fingerprint density at radius 2 is 1.25 bits per heavy atom. The molecule has 94 valence electrons. The molecule has 6 heteroatoms. The summed E-state index contributed by atoms with van der Waals surface area (Å²) in [6.45, 7) is 2.46. The van der Waals surface area contributed by atoms with Crippen molar-refractivity contribution in [3.63, 3.8) is 0 Å². The van der Waals surface area contributed by atoms with Gasteiger partial charge in [-0.3, -0.25) is 9.59 Å². The number of nitrogens with zero attached hydrogens (tertiary/aromatic N) is 3. The predicted octanol–water partition coefficient (Wildman–Crippen LogP) is -1.58. The predicted molar refractivity (Wildman–Crippen MR) is 62.9 cm³/mol. The molecule has 0 spiro atoms. The van der Waals surface area contributed by atoms with Crippen LogP contribution in [0.5, 0.6) is 0 Å². The smallest absolute Gasteiger partial charge is 0.311 e. The molecule has 0 aliphatic rings. The second-order valence-electron chi connectivity index (χ2n) is 4.26. The first kappa shape index (κ1) is 14.9. The minimum absolute atomic E-state index is 0.516. The van der Waals surface area contributed by atoms with Crippen molar-refractivity contribution >= 4 is 11.8 Å². The zero-order chi connectivity index (χ0) is 12.7. The van der Waals surface area contributed by atoms with Crippen LogP contribution < -0.4 is 5.73 Å². The molecule has 0 heterocycles. The fourth-order valence-electron chi connectivity index (χ4n) is 1.11. The average Bonchev–Trinajstić information content (AvgIpc) is 2.16. The molecule has 6 nitrogen and oxygen atoms in total. The molecule has 0 fully saturated rings. The van der Waals surface area contributed by atoms with Crippen LogP contribution in [0.25, 0.3) is 0 Å². The molecule has 0 aromatic rings. The lowest BCUT2D eigenvalue weighted by molar-refractivity contribution is -0.144. The van der Waals surface area contributed by atoms with Crippen LogP contribution in [0.4, 0.5) is 0 Å². The lowest BCUT2D eigenvalue weighted by atomic mass is 10.4. The molecule has 0 aromatic heterocycles. The fraction of sp³-hybridized carbons (Fsp3) is 0.800. The van der Waals surface area contributed by atoms with Crippen LogP contribution in [0.1, 0.15) is 0 Å². The molecule has 0 radical (unpaired) electrons. The number of amides is 2. The van der Waals surface area contributed by atoms with Crippen LogP contribution in [0.2, 0.25) is 0 Å². The topological polar surface area (TPSA) is 69.9 Å². The maximum Gasteiger partial charge on any atom is 0.311 e. The Bertz CT molecular complexity index is 229. The Balaban J connectivity index is 4.26. The second kappa shape index (κ2) is 7.19. The summed E-state index contributed by atoms with van der Waals surface area (Å²) >= 11 is 0. The molecule has 0 aliphatic heterocycles. The van der Waals surface area contributed by atoms with E-state index in [0.29, 0.717) is 26.2 Å². The van der Waals surface area contributed by atoms with E-state index >= 15 is 0 Å². The Kier molecular flexibility index (Phi) is 6.67. The number of carbonyl (C=O) groups is 2. The third-order valence-corrected chi connectivity index (χ3v) is 2.13. The summed E-state index contributed by atoms with van der Waals surface area (Å²) in [7, 11) is 7.66. The van der Waals surface area contributed by atoms with Crippen LogP contribution in [-0.2, 0) is 9.59 Å². The number of primary amides is 1. The van der Waals surface area contributed by atoms with E-state index in [1.807, 2.05) is 38.0 Å². The molecule has 0 aliphatic carbocycles. The zero-order valence-electron chi connectivity index (χ0n) is 10.6. The Labute approximate surface area is 97.0 Å². The summed E-state index contributed by atoms with van der Waals surface area (Å²) in [5, 5.41) is 0. The van der Waals surface area contributed by atoms with E-state index in [2.05, 4.69) is 0 Å². The van der Waals surface area contributed by atoms with Gasteiger partial charge in [0.15, 0.2) is 0 Å². The molecule has 0 unspecified atom stereocenters. The third-order valence-electron chi connectivity index (χ3n) is 2.13. The second-order valence-corrected chi connectivity index (χ2v) is 4.26. The summed E-state index contributed by atoms with van der Waals surface area (Å²) in [4.78, 5) is 27.7. The van der Waals surface area contributed by atoms with Crippen molar-refractivity contribution in [2.24, 2.45) is 5.73 Å². The molecule has 0 saturated carbocycles. The molecular formula is C10H22N4O2. The Hall–Kier alpha value is -1.14. The number of likely N-dealkylation sites (N-methyl/N-ethyl adjacent to an activating group) is 2. The van der Waals surface area contributed by atoms with E-state index < -0.39 is 11.8 Å². The van der Waals surface area contributed by atoms with Gasteiger partial charge in [0.05, 0.1) is 0 Å². The zero-order valence-corrected chi connectivity index (χ0v) is 10.6. The van der Waals surface area contributed by atoms with Crippen molar-refractivity contribution in [1.29, 1.82) is 0 Å². The monoisotopic (exact) mass is 230 g/mol. The first-order valence-corrected chi connectivity index (χ1v) is 5.22. The minimum atomic E-state index is -0.891. The average molecular weight is 230 g/mol. The summed E-state index contributed by atoms with van der Waals surface area (Å²) < 4.78 is 0. The Morgan fingerprint density at radius 1 is 0.875 bits per heavy atom. The summed E-state index contributed by atoms with van der Waals surface area (Å²) in [6.07, 6.45) is 0. The lowest BCUT2D eigenvalue weighted by Crippen LogP contribution is -2.45. The number of hydrogen-bond acceptors (Lipinski definition) is 4. The van der Waals surface area contributed by atoms with Gasteiger partial charge in [0.25, 0.3) is 0 Å². The van der Waals surface area contributed by atoms with Crippen LogP contribution in [0, 0.1) is 0 Å². The van der Waals surface area contributed by atoms with Crippen molar-refractivity contribution in [2.45, 2.75) is 0 Å². The van der Waals surface area contributed by atoms with Crippen LogP contribution >= 0.6 is 0 Å². The summed E-state index contributed by atoms with van der Waals surface area (Å²) in [5.74, 6) is -1.50. The van der Waals surface area contributed by atoms with E-state index in [4.69, 9.17) is 5.73 Å². The number of nitrogens with two attached hydrogens (primary N) is 1. The lowest BCUT2D eigenvalue weighted by Gasteiger charge is -2.24. The summed E-state index contributed by atoms with van der Waals surface area (Å²) in [5.41, 5.74) is 4.99. The van der Waals surface area contributed by atoms with Crippen molar-refractivity contribution in [1.82, 2.24) is 14.7 Å². The Morgan fingerprint density at radius 3 is 1.50 bits per heavy atom. The van der Waals surface area contributed by atoms with Crippen molar-refractivity contribution in [3.8, 4) is 0 Å². The van der Waals surface area contributed by atoms with Gasteiger partial charge in [0.1, 0.15) is 0 Å². The van der Waals surface area contributed by atoms with Crippen LogP contribution in [0.3, 0.4) is 0 Å². The largest absolute Gasteiger partial charge is 0.361 e. The van der Waals surface area contributed by atoms with Crippen molar-refractivity contribution in [3.05, 3.63) is 0 Å². The highest BCUT2D eigenvalue weighted by molar-refractivity contribution is 6.34. The van der Waals surface area contributed by atoms with Gasteiger partial charge in [-0.1, -0.05) is 0 Å². The van der Waals surface area contributed by atoms with Gasteiger partial charge in [0, 0.05) is 26.2 Å². The van der Waals surface area contributed by atoms with Gasteiger partial charge in [0.2, 0.25) is 0 Å². The van der Waals surface area contributed by atoms with Crippen LogP contribution in [-0.4, -0.2) is 80.9 Å². The number of hydrogen-bond donors (Lipinski definition) is 1. The van der Waals surface area contributed by atoms with Gasteiger partial charge in [-0.15, -0.1) is 0 Å². The molecule has 2 amide bonds. The molecule has 0 bridgehead atoms. The maximum absolute atomic E-state index is 11.5. The molecule has 0 atom stereocenters. The first-order valence-electron chi connectivity index (χ1n) is 5.22. The van der Waals surface area contributed by atoms with Crippen molar-refractivity contribution < 1.29 is 9.59 Å². The van der Waals surface area contributed by atoms with Gasteiger partial charge < -0.3 is 20.4 Å². The summed E-state index contributed by atoms with van der Waals surface area (Å²) in [6, 6.07) is 0. The van der Waals surface area contributed by atoms with Gasteiger partial charge in [-0.05, 0) is 28.2 Å². The van der Waals surface area contributed by atoms with Crippen LogP contribution in [0.15, 0.2) is 0 Å². The minimum Gasteiger partial charge on any atom is -0.361 e. The fourth-order valence-corrected chi connectivity index (χ4v) is 1.11. The molecule has 2 N–H and O–H groups in total. The molecule has 0 saturated heterocycles. The van der Waals surface area contributed by atoms with E-state index in [-0.39, 0.29) is 0 Å². The number of carbonyl (C=O) groups excluding carboxylic acids is 2. The highest BCUT2D eigenvalue weighted by atomic mass is 16.2. The SMILES string of the molecule is CN(C)CCN(CCN(C)C)C(=O)C(N)=O. The normalized spacial score (nSPS) is 10.9. The van der Waals surface area contributed by atoms with E-state index in [1.54, 1.807) is 0 Å². The third kappa shape index (κ3) is 6.36. The van der Waals surface area contributed by atoms with E-state index in [1.165, 1.54) is 4.90 Å². The number of rotatable bonds is 6. The highest BCUT2D eigenvalue weighted by Gasteiger charge is 2.18. The first-order chi connectivity index (χ1) is 7.34. The van der Waals surface area contributed by atoms with Gasteiger partial charge in [-0.2, -0.15) is 0 Å². The van der Waals surface area contributed by atoms with Gasteiger partial charge >= 0.3 is 11.8 Å². The van der Waals surface area contributed by atoms with Crippen molar-refractivity contribution in [2.75, 3.05) is 54.4 Å². The van der Waals surface area contributed by atoms with E-state index in [0.717, 1.165) is 0 Å². The molecule has 16 heavy (non-hydrogen) atoms. The molecule has 0 rings (SSSR count). The maximum atomic E-state index is 11.5. The highest BCUT2D eigenvalue weighted by Crippen LogP contribution is 1.92. The quantitative estimate of drug-likeness (QED) is 0.559.